The van der Waals surface area contributed by atoms with E-state index >= 15 is 0 Å². The molecule has 0 aliphatic rings. The summed E-state index contributed by atoms with van der Waals surface area (Å²) in [5.41, 5.74) is 6.21. The molecule has 1 heterocycles. The maximum atomic E-state index is 11.9. The molecule has 0 saturated heterocycles. The predicted octanol–water partition coefficient (Wildman–Crippen LogP) is 2.43. The van der Waals surface area contributed by atoms with Gasteiger partial charge in [0.2, 0.25) is 5.91 Å². The summed E-state index contributed by atoms with van der Waals surface area (Å²) >= 11 is 0. The minimum atomic E-state index is -0.537. The van der Waals surface area contributed by atoms with E-state index in [1.54, 1.807) is 30.3 Å². The number of nitro benzene ring substituents is 1. The first-order valence-corrected chi connectivity index (χ1v) is 7.93. The maximum Gasteiger partial charge on any atom is 0.419 e. The zero-order valence-electron chi connectivity index (χ0n) is 13.7. The van der Waals surface area contributed by atoms with Crippen LogP contribution in [0.5, 0.6) is 0 Å². The van der Waals surface area contributed by atoms with Crippen molar-refractivity contribution in [2.24, 2.45) is 0 Å². The summed E-state index contributed by atoms with van der Waals surface area (Å²) in [6, 6.07) is 13.1. The van der Waals surface area contributed by atoms with Crippen molar-refractivity contribution >= 4 is 28.4 Å². The largest absolute Gasteiger partial charge is 0.419 e. The average Bonchev–Trinajstić information content (AvgIpc) is 2.95. The van der Waals surface area contributed by atoms with E-state index in [2.05, 4.69) is 10.9 Å². The molecule has 2 aromatic carbocycles. The van der Waals surface area contributed by atoms with Crippen molar-refractivity contribution in [3.05, 3.63) is 69.2 Å². The molecule has 0 bridgehead atoms. The fourth-order valence-corrected chi connectivity index (χ4v) is 2.56. The summed E-state index contributed by atoms with van der Waals surface area (Å²) in [4.78, 5) is 34.1. The monoisotopic (exact) mass is 356 g/mol. The molecule has 3 rings (SSSR count). The Labute approximate surface area is 147 Å². The van der Waals surface area contributed by atoms with Gasteiger partial charge in [-0.1, -0.05) is 24.3 Å². The van der Waals surface area contributed by atoms with Gasteiger partial charge in [-0.2, -0.15) is 0 Å². The van der Waals surface area contributed by atoms with Crippen LogP contribution in [0.2, 0.25) is 0 Å². The molecule has 1 amide bonds. The molecular weight excluding hydrogens is 340 g/mol. The lowest BCUT2D eigenvalue weighted by Gasteiger charge is -2.09. The van der Waals surface area contributed by atoms with Crippen molar-refractivity contribution in [3.63, 3.8) is 0 Å². The van der Waals surface area contributed by atoms with Crippen LogP contribution < -0.4 is 16.6 Å². The van der Waals surface area contributed by atoms with Crippen LogP contribution >= 0.6 is 0 Å². The first-order chi connectivity index (χ1) is 12.6. The molecule has 9 heteroatoms. The Morgan fingerprint density at radius 1 is 1.15 bits per heavy atom. The van der Waals surface area contributed by atoms with Gasteiger partial charge in [-0.05, 0) is 24.6 Å². The van der Waals surface area contributed by atoms with Crippen molar-refractivity contribution in [2.45, 2.75) is 19.4 Å². The number of hydrogen-bond acceptors (Lipinski definition) is 6. The van der Waals surface area contributed by atoms with E-state index in [1.807, 2.05) is 0 Å². The fraction of sp³-hybridized carbons (Fsp3) is 0.176. The molecule has 0 atom stereocenters. The molecule has 0 fully saturated rings. The number of para-hydroxylation sites is 4. The van der Waals surface area contributed by atoms with E-state index in [4.69, 9.17) is 4.42 Å². The predicted molar refractivity (Wildman–Crippen MR) is 94.6 cm³/mol. The molecule has 0 aliphatic heterocycles. The summed E-state index contributed by atoms with van der Waals surface area (Å²) in [6.07, 6.45) is 0.549. The zero-order chi connectivity index (χ0) is 18.5. The topological polar surface area (TPSA) is 119 Å². The molecule has 1 aromatic heterocycles. The second kappa shape index (κ2) is 7.51. The summed E-state index contributed by atoms with van der Waals surface area (Å²) in [7, 11) is 0. The summed E-state index contributed by atoms with van der Waals surface area (Å²) in [5, 5.41) is 10.9. The van der Waals surface area contributed by atoms with Gasteiger partial charge in [0.15, 0.2) is 5.58 Å². The van der Waals surface area contributed by atoms with Crippen LogP contribution in [0.25, 0.3) is 11.1 Å². The number of oxazole rings is 1. The standard InChI is InChI=1S/C17H16N4O5/c22-16(19-18-12-6-1-2-7-13(12)21(24)25)10-5-11-20-14-8-3-4-9-15(14)26-17(20)23/h1-4,6-9,18H,5,10-11H2,(H,19,22). The molecule has 0 aliphatic carbocycles. The number of carbonyl (C=O) groups excluding carboxylic acids is 1. The SMILES string of the molecule is O=C(CCCn1c(=O)oc2ccccc21)NNc1ccccc1[N+](=O)[O-]. The van der Waals surface area contributed by atoms with Gasteiger partial charge < -0.3 is 4.42 Å². The van der Waals surface area contributed by atoms with E-state index in [-0.39, 0.29) is 23.7 Å². The highest BCUT2D eigenvalue weighted by molar-refractivity contribution is 5.78. The van der Waals surface area contributed by atoms with E-state index in [0.29, 0.717) is 24.1 Å². The van der Waals surface area contributed by atoms with E-state index in [9.17, 15) is 19.7 Å². The number of hydrogen-bond donors (Lipinski definition) is 2. The van der Waals surface area contributed by atoms with Crippen molar-refractivity contribution in [3.8, 4) is 0 Å². The summed E-state index contributed by atoms with van der Waals surface area (Å²) in [5.74, 6) is -0.811. The average molecular weight is 356 g/mol. The number of aromatic nitrogens is 1. The number of nitrogens with one attached hydrogen (secondary N) is 2. The third-order valence-electron chi connectivity index (χ3n) is 3.80. The molecule has 9 nitrogen and oxygen atoms in total. The molecule has 2 N–H and O–H groups in total. The van der Waals surface area contributed by atoms with Gasteiger partial charge in [-0.3, -0.25) is 30.3 Å². The second-order valence-corrected chi connectivity index (χ2v) is 5.54. The number of rotatable bonds is 7. The Morgan fingerprint density at radius 2 is 1.88 bits per heavy atom. The quantitative estimate of drug-likeness (QED) is 0.495. The van der Waals surface area contributed by atoms with Crippen molar-refractivity contribution in [1.29, 1.82) is 0 Å². The number of anilines is 1. The van der Waals surface area contributed by atoms with Gasteiger partial charge >= 0.3 is 5.76 Å². The Morgan fingerprint density at radius 3 is 2.69 bits per heavy atom. The number of aryl methyl sites for hydroxylation is 1. The Bertz CT molecular complexity index is 1010. The van der Waals surface area contributed by atoms with Gasteiger partial charge in [0.25, 0.3) is 5.69 Å². The number of benzene rings is 2. The second-order valence-electron chi connectivity index (χ2n) is 5.54. The lowest BCUT2D eigenvalue weighted by molar-refractivity contribution is -0.384. The molecule has 134 valence electrons. The molecule has 26 heavy (non-hydrogen) atoms. The lowest BCUT2D eigenvalue weighted by atomic mass is 10.2. The van der Waals surface area contributed by atoms with Gasteiger partial charge in [0, 0.05) is 19.0 Å². The van der Waals surface area contributed by atoms with Crippen molar-refractivity contribution < 1.29 is 14.1 Å². The number of hydrazine groups is 1. The summed E-state index contributed by atoms with van der Waals surface area (Å²) < 4.78 is 6.60. The van der Waals surface area contributed by atoms with Crippen LogP contribution in [0.1, 0.15) is 12.8 Å². The van der Waals surface area contributed by atoms with Crippen LogP contribution in [0.3, 0.4) is 0 Å². The third kappa shape index (κ3) is 3.72. The first kappa shape index (κ1) is 17.2. The Hall–Kier alpha value is -3.62. The Kier molecular flexibility index (Phi) is 4.97. The van der Waals surface area contributed by atoms with Crippen LogP contribution in [0, 0.1) is 10.1 Å². The van der Waals surface area contributed by atoms with E-state index in [0.717, 1.165) is 0 Å². The van der Waals surface area contributed by atoms with Crippen molar-refractivity contribution in [2.75, 3.05) is 5.43 Å². The van der Waals surface area contributed by atoms with Crippen LogP contribution in [0.15, 0.2) is 57.7 Å². The van der Waals surface area contributed by atoms with Crippen LogP contribution in [-0.2, 0) is 11.3 Å². The highest BCUT2D eigenvalue weighted by Gasteiger charge is 2.13. The van der Waals surface area contributed by atoms with Gasteiger partial charge in [0.05, 0.1) is 10.4 Å². The molecule has 3 aromatic rings. The van der Waals surface area contributed by atoms with Crippen molar-refractivity contribution in [1.82, 2.24) is 9.99 Å². The van der Waals surface area contributed by atoms with Gasteiger partial charge in [-0.15, -0.1) is 0 Å². The first-order valence-electron chi connectivity index (χ1n) is 7.93. The normalized spacial score (nSPS) is 10.6. The third-order valence-corrected chi connectivity index (χ3v) is 3.80. The highest BCUT2D eigenvalue weighted by atomic mass is 16.6. The van der Waals surface area contributed by atoms with Gasteiger partial charge in [0.1, 0.15) is 5.69 Å². The molecular formula is C17H16N4O5. The minimum absolute atomic E-state index is 0.135. The van der Waals surface area contributed by atoms with E-state index < -0.39 is 10.7 Å². The summed E-state index contributed by atoms with van der Waals surface area (Å²) in [6.45, 7) is 0.328. The van der Waals surface area contributed by atoms with Crippen LogP contribution in [-0.4, -0.2) is 15.4 Å². The molecule has 0 spiro atoms. The Balaban J connectivity index is 1.54. The van der Waals surface area contributed by atoms with Crippen LogP contribution in [0.4, 0.5) is 11.4 Å². The van der Waals surface area contributed by atoms with E-state index in [1.165, 1.54) is 22.8 Å². The number of nitro groups is 1. The zero-order valence-corrected chi connectivity index (χ0v) is 13.7. The minimum Gasteiger partial charge on any atom is -0.408 e. The molecule has 0 unspecified atom stereocenters. The molecule has 0 radical (unpaired) electrons. The van der Waals surface area contributed by atoms with Gasteiger partial charge in [-0.25, -0.2) is 4.79 Å². The lowest BCUT2D eigenvalue weighted by Crippen LogP contribution is -2.29. The number of fused-ring (bicyclic) bond motifs is 1. The number of nitrogens with zero attached hydrogens (tertiary/aromatic N) is 2. The smallest absolute Gasteiger partial charge is 0.408 e. The number of carbonyl (C=O) groups is 1. The fourth-order valence-electron chi connectivity index (χ4n) is 2.56. The maximum absolute atomic E-state index is 11.9. The number of amides is 1. The molecule has 0 saturated carbocycles. The highest BCUT2D eigenvalue weighted by Crippen LogP contribution is 2.22.